The maximum Gasteiger partial charge on any atom is 0.254 e. The number of methoxy groups -OCH3 is 1. The quantitative estimate of drug-likeness (QED) is 0.724. The Morgan fingerprint density at radius 3 is 2.39 bits per heavy atom. The van der Waals surface area contributed by atoms with Crippen LogP contribution in [0.1, 0.15) is 53.6 Å². The highest BCUT2D eigenvalue weighted by Gasteiger charge is 2.33. The number of hydrogen-bond acceptors (Lipinski definition) is 4. The van der Waals surface area contributed by atoms with Gasteiger partial charge in [0.05, 0.1) is 7.11 Å². The molecule has 1 saturated heterocycles. The number of amides is 1. The molecule has 3 aliphatic rings. The lowest BCUT2D eigenvalue weighted by molar-refractivity contribution is 0.0660. The molecule has 1 amide bonds. The van der Waals surface area contributed by atoms with Crippen LogP contribution < -0.4 is 9.64 Å². The summed E-state index contributed by atoms with van der Waals surface area (Å²) in [5.41, 5.74) is 4.66. The molecule has 31 heavy (non-hydrogen) atoms. The number of carbonyl (C=O) groups excluding carboxylic acids is 1. The van der Waals surface area contributed by atoms with Gasteiger partial charge >= 0.3 is 0 Å². The Balaban J connectivity index is 1.20. The van der Waals surface area contributed by atoms with Crippen molar-refractivity contribution >= 4 is 11.6 Å². The summed E-state index contributed by atoms with van der Waals surface area (Å²) in [6.07, 6.45) is 6.18. The van der Waals surface area contributed by atoms with Crippen LogP contribution in [0.25, 0.3) is 0 Å². The molecular weight excluding hydrogens is 386 g/mol. The van der Waals surface area contributed by atoms with E-state index in [1.54, 1.807) is 7.11 Å². The number of hydrogen-bond donors (Lipinski definition) is 0. The third-order valence-electron chi connectivity index (χ3n) is 7.24. The molecule has 1 saturated carbocycles. The molecule has 0 atom stereocenters. The normalized spacial score (nSPS) is 20.2. The standard InChI is InChI=1S/C26H33N3O2/c1-31-24-11-7-20(8-12-24)18-27-13-15-28(16-14-27)23-10-9-21-19-29(26(30)25(21)17-23)22-5-3-2-4-6-22/h7-12,17,22H,2-6,13-16,18-19H2,1H3. The molecule has 2 aromatic rings. The van der Waals surface area contributed by atoms with Gasteiger partial charge in [-0.3, -0.25) is 9.69 Å². The maximum atomic E-state index is 13.1. The van der Waals surface area contributed by atoms with Gasteiger partial charge in [-0.15, -0.1) is 0 Å². The summed E-state index contributed by atoms with van der Waals surface area (Å²) in [6.45, 7) is 5.83. The van der Waals surface area contributed by atoms with Gasteiger partial charge in [0, 0.05) is 56.6 Å². The second kappa shape index (κ2) is 8.91. The van der Waals surface area contributed by atoms with Crippen molar-refractivity contribution in [1.82, 2.24) is 9.80 Å². The number of nitrogens with zero attached hydrogens (tertiary/aromatic N) is 3. The fourth-order valence-electron chi connectivity index (χ4n) is 5.35. The number of benzene rings is 2. The van der Waals surface area contributed by atoms with Crippen molar-refractivity contribution in [3.8, 4) is 5.75 Å². The van der Waals surface area contributed by atoms with E-state index in [0.717, 1.165) is 50.6 Å². The first-order valence-corrected chi connectivity index (χ1v) is 11.8. The Bertz CT molecular complexity index is 913. The lowest BCUT2D eigenvalue weighted by Gasteiger charge is -2.36. The maximum absolute atomic E-state index is 13.1. The lowest BCUT2D eigenvalue weighted by atomic mass is 9.94. The van der Waals surface area contributed by atoms with Crippen molar-refractivity contribution in [2.75, 3.05) is 38.2 Å². The zero-order chi connectivity index (χ0) is 21.2. The summed E-state index contributed by atoms with van der Waals surface area (Å²) in [5, 5.41) is 0. The van der Waals surface area contributed by atoms with Crippen LogP contribution in [0.4, 0.5) is 5.69 Å². The molecule has 2 heterocycles. The summed E-state index contributed by atoms with van der Waals surface area (Å²) >= 11 is 0. The lowest BCUT2D eigenvalue weighted by Crippen LogP contribution is -2.46. The highest BCUT2D eigenvalue weighted by Crippen LogP contribution is 2.33. The molecule has 0 unspecified atom stereocenters. The van der Waals surface area contributed by atoms with Crippen LogP contribution in [0.5, 0.6) is 5.75 Å². The second-order valence-corrected chi connectivity index (χ2v) is 9.18. The smallest absolute Gasteiger partial charge is 0.254 e. The Labute approximate surface area is 185 Å². The average Bonchev–Trinajstić information content (AvgIpc) is 3.16. The van der Waals surface area contributed by atoms with Gasteiger partial charge in [-0.25, -0.2) is 0 Å². The van der Waals surface area contributed by atoms with Crippen molar-refractivity contribution in [2.45, 2.75) is 51.2 Å². The van der Waals surface area contributed by atoms with Crippen LogP contribution in [0.3, 0.4) is 0 Å². The Kier molecular flexibility index (Phi) is 5.86. The zero-order valence-electron chi connectivity index (χ0n) is 18.6. The van der Waals surface area contributed by atoms with Gasteiger partial charge in [-0.2, -0.15) is 0 Å². The van der Waals surface area contributed by atoms with E-state index in [9.17, 15) is 4.79 Å². The van der Waals surface area contributed by atoms with Gasteiger partial charge in [-0.1, -0.05) is 37.5 Å². The topological polar surface area (TPSA) is 36.0 Å². The monoisotopic (exact) mass is 419 g/mol. The van der Waals surface area contributed by atoms with Gasteiger partial charge < -0.3 is 14.5 Å². The van der Waals surface area contributed by atoms with E-state index in [4.69, 9.17) is 4.74 Å². The Hall–Kier alpha value is -2.53. The van der Waals surface area contributed by atoms with Crippen LogP contribution in [0.2, 0.25) is 0 Å². The van der Waals surface area contributed by atoms with Crippen LogP contribution >= 0.6 is 0 Å². The van der Waals surface area contributed by atoms with E-state index < -0.39 is 0 Å². The highest BCUT2D eigenvalue weighted by molar-refractivity contribution is 5.99. The molecule has 2 aromatic carbocycles. The molecule has 0 aromatic heterocycles. The van der Waals surface area contributed by atoms with Crippen molar-refractivity contribution in [3.63, 3.8) is 0 Å². The van der Waals surface area contributed by atoms with Gasteiger partial charge in [-0.05, 0) is 48.2 Å². The van der Waals surface area contributed by atoms with Crippen molar-refractivity contribution in [2.24, 2.45) is 0 Å². The first-order chi connectivity index (χ1) is 15.2. The summed E-state index contributed by atoms with van der Waals surface area (Å²) < 4.78 is 5.26. The fraction of sp³-hybridized carbons (Fsp3) is 0.500. The molecule has 2 aliphatic heterocycles. The van der Waals surface area contributed by atoms with Crippen LogP contribution in [0.15, 0.2) is 42.5 Å². The third-order valence-corrected chi connectivity index (χ3v) is 7.24. The molecule has 0 radical (unpaired) electrons. The minimum atomic E-state index is 0.252. The summed E-state index contributed by atoms with van der Waals surface area (Å²) in [6, 6.07) is 15.4. The van der Waals surface area contributed by atoms with E-state index >= 15 is 0 Å². The molecule has 0 spiro atoms. The van der Waals surface area contributed by atoms with Crippen LogP contribution in [0, 0.1) is 0 Å². The van der Waals surface area contributed by atoms with E-state index in [-0.39, 0.29) is 5.91 Å². The molecule has 1 aliphatic carbocycles. The Morgan fingerprint density at radius 2 is 1.68 bits per heavy atom. The Morgan fingerprint density at radius 1 is 0.935 bits per heavy atom. The third kappa shape index (κ3) is 4.29. The predicted octanol–water partition coefficient (Wildman–Crippen LogP) is 4.31. The predicted molar refractivity (Wildman–Crippen MR) is 124 cm³/mol. The van der Waals surface area contributed by atoms with Crippen molar-refractivity contribution < 1.29 is 9.53 Å². The molecule has 164 valence electrons. The molecule has 2 fully saturated rings. The SMILES string of the molecule is COc1ccc(CN2CCN(c3ccc4c(c3)C(=O)N(C3CCCCC3)C4)CC2)cc1. The van der Waals surface area contributed by atoms with Gasteiger partial charge in [0.2, 0.25) is 0 Å². The summed E-state index contributed by atoms with van der Waals surface area (Å²) in [4.78, 5) is 20.2. The average molecular weight is 420 g/mol. The molecule has 5 heteroatoms. The van der Waals surface area contributed by atoms with E-state index in [0.29, 0.717) is 6.04 Å². The van der Waals surface area contributed by atoms with Gasteiger partial charge in [0.1, 0.15) is 5.75 Å². The highest BCUT2D eigenvalue weighted by atomic mass is 16.5. The number of carbonyl (C=O) groups is 1. The van der Waals surface area contributed by atoms with E-state index in [2.05, 4.69) is 45.0 Å². The fourth-order valence-corrected chi connectivity index (χ4v) is 5.35. The first-order valence-electron chi connectivity index (χ1n) is 11.8. The summed E-state index contributed by atoms with van der Waals surface area (Å²) in [7, 11) is 1.70. The minimum Gasteiger partial charge on any atom is -0.497 e. The molecular formula is C26H33N3O2. The van der Waals surface area contributed by atoms with E-state index in [1.807, 2.05) is 12.1 Å². The number of anilines is 1. The molecule has 5 nitrogen and oxygen atoms in total. The molecule has 0 N–H and O–H groups in total. The van der Waals surface area contributed by atoms with Crippen molar-refractivity contribution in [3.05, 3.63) is 59.2 Å². The number of piperazine rings is 1. The van der Waals surface area contributed by atoms with Gasteiger partial charge in [0.15, 0.2) is 0 Å². The minimum absolute atomic E-state index is 0.252. The van der Waals surface area contributed by atoms with Crippen LogP contribution in [-0.2, 0) is 13.1 Å². The first kappa shape index (κ1) is 20.4. The zero-order valence-corrected chi connectivity index (χ0v) is 18.6. The van der Waals surface area contributed by atoms with Crippen molar-refractivity contribution in [1.29, 1.82) is 0 Å². The van der Waals surface area contributed by atoms with E-state index in [1.165, 1.54) is 48.9 Å². The van der Waals surface area contributed by atoms with Gasteiger partial charge in [0.25, 0.3) is 5.91 Å². The number of rotatable bonds is 5. The number of ether oxygens (including phenoxy) is 1. The molecule has 5 rings (SSSR count). The second-order valence-electron chi connectivity index (χ2n) is 9.18. The molecule has 0 bridgehead atoms. The largest absolute Gasteiger partial charge is 0.497 e. The number of fused-ring (bicyclic) bond motifs is 1. The van der Waals surface area contributed by atoms with Crippen LogP contribution in [-0.4, -0.2) is 55.0 Å². The summed E-state index contributed by atoms with van der Waals surface area (Å²) in [5.74, 6) is 1.16.